The van der Waals surface area contributed by atoms with Crippen molar-refractivity contribution >= 4 is 23.7 Å². The van der Waals surface area contributed by atoms with Gasteiger partial charge in [-0.15, -0.1) is 0 Å². The molecular weight excluding hydrogens is 560 g/mol. The average Bonchev–Trinajstić information content (AvgIpc) is 3.50. The zero-order chi connectivity index (χ0) is 32.0. The number of aliphatic hydroxyl groups is 1. The second kappa shape index (κ2) is 11.8. The number of carbonyl (C=O) groups is 4. The van der Waals surface area contributed by atoms with Crippen LogP contribution < -0.4 is 0 Å². The smallest absolute Gasteiger partial charge is 0.338 e. The van der Waals surface area contributed by atoms with Gasteiger partial charge in [0.15, 0.2) is 5.78 Å². The van der Waals surface area contributed by atoms with Crippen molar-refractivity contribution in [3.63, 3.8) is 0 Å². The first kappa shape index (κ1) is 31.4. The Morgan fingerprint density at radius 1 is 0.909 bits per heavy atom. The molecule has 8 atom stereocenters. The molecule has 2 bridgehead atoms. The fourth-order valence-electron chi connectivity index (χ4n) is 7.08. The Labute approximate surface area is 258 Å². The standard InChI is InChI=1S/C36H40O8/c1-20-19-36(41)21(2)17-26-27(35(26,5)6)18-28(43-33(39)24-13-9-7-10-14-24)22(3)31(42-23(4)37)29(32(36)38)30(20)44-34(40)25-15-11-8-12-16-25/h7-17,20,26-31,41H,3,18-19H2,1-2,4-6H3. The molecule has 8 heteroatoms. The molecule has 2 fully saturated rings. The average molecular weight is 601 g/mol. The molecule has 0 heterocycles. The Morgan fingerprint density at radius 2 is 1.45 bits per heavy atom. The number of hydrogen-bond acceptors (Lipinski definition) is 8. The maximum Gasteiger partial charge on any atom is 0.338 e. The van der Waals surface area contributed by atoms with Gasteiger partial charge in [0, 0.05) is 12.5 Å². The lowest BCUT2D eigenvalue weighted by atomic mass is 9.64. The monoisotopic (exact) mass is 600 g/mol. The number of ether oxygens (including phenoxy) is 3. The molecule has 8 nitrogen and oxygen atoms in total. The van der Waals surface area contributed by atoms with Crippen LogP contribution >= 0.6 is 0 Å². The first-order valence-electron chi connectivity index (χ1n) is 15.1. The molecular formula is C36H40O8. The lowest BCUT2D eigenvalue weighted by Gasteiger charge is -2.46. The maximum absolute atomic E-state index is 14.5. The van der Waals surface area contributed by atoms with E-state index in [4.69, 9.17) is 14.2 Å². The quantitative estimate of drug-likeness (QED) is 0.272. The van der Waals surface area contributed by atoms with Gasteiger partial charge in [0.05, 0.1) is 17.0 Å². The highest BCUT2D eigenvalue weighted by molar-refractivity contribution is 5.96. The third kappa shape index (κ3) is 5.75. The number of rotatable bonds is 5. The number of hydrogen-bond donors (Lipinski definition) is 1. The Balaban J connectivity index is 1.61. The van der Waals surface area contributed by atoms with Gasteiger partial charge in [-0.3, -0.25) is 9.59 Å². The van der Waals surface area contributed by atoms with Crippen molar-refractivity contribution in [2.75, 3.05) is 0 Å². The predicted molar refractivity (Wildman–Crippen MR) is 162 cm³/mol. The largest absolute Gasteiger partial charge is 0.458 e. The first-order chi connectivity index (χ1) is 20.8. The summed E-state index contributed by atoms with van der Waals surface area (Å²) in [7, 11) is 0. The summed E-state index contributed by atoms with van der Waals surface area (Å²) in [5, 5.41) is 12.1. The van der Waals surface area contributed by atoms with E-state index in [-0.39, 0.29) is 29.2 Å². The number of Topliss-reactive ketones (excluding diaryl/α,β-unsaturated/α-hetero) is 1. The van der Waals surface area contributed by atoms with Crippen LogP contribution in [0, 0.1) is 29.1 Å². The Hall–Kier alpha value is -4.04. The van der Waals surface area contributed by atoms with Gasteiger partial charge < -0.3 is 19.3 Å². The van der Waals surface area contributed by atoms with Crippen LogP contribution in [0.1, 0.15) is 68.2 Å². The van der Waals surface area contributed by atoms with Crippen molar-refractivity contribution in [2.24, 2.45) is 29.1 Å². The van der Waals surface area contributed by atoms with Crippen LogP contribution in [0.4, 0.5) is 0 Å². The third-order valence-electron chi connectivity index (χ3n) is 9.84. The zero-order valence-corrected chi connectivity index (χ0v) is 25.8. The summed E-state index contributed by atoms with van der Waals surface area (Å²) >= 11 is 0. The summed E-state index contributed by atoms with van der Waals surface area (Å²) in [6.07, 6.45) is -1.02. The minimum Gasteiger partial charge on any atom is -0.458 e. The maximum atomic E-state index is 14.5. The molecule has 1 N–H and O–H groups in total. The van der Waals surface area contributed by atoms with Gasteiger partial charge in [0.2, 0.25) is 0 Å². The van der Waals surface area contributed by atoms with E-state index in [0.717, 1.165) is 0 Å². The number of esters is 3. The third-order valence-corrected chi connectivity index (χ3v) is 9.84. The van der Waals surface area contributed by atoms with E-state index in [9.17, 15) is 24.3 Å². The van der Waals surface area contributed by atoms with E-state index in [0.29, 0.717) is 23.1 Å². The van der Waals surface area contributed by atoms with E-state index in [1.54, 1.807) is 74.5 Å². The van der Waals surface area contributed by atoms with E-state index >= 15 is 0 Å². The molecule has 232 valence electrons. The summed E-state index contributed by atoms with van der Waals surface area (Å²) in [6.45, 7) is 13.2. The van der Waals surface area contributed by atoms with Gasteiger partial charge in [-0.25, -0.2) is 9.59 Å². The van der Waals surface area contributed by atoms with Gasteiger partial charge >= 0.3 is 17.9 Å². The van der Waals surface area contributed by atoms with E-state index in [1.807, 2.05) is 6.08 Å². The summed E-state index contributed by atoms with van der Waals surface area (Å²) in [4.78, 5) is 53.7. The molecule has 0 radical (unpaired) electrons. The van der Waals surface area contributed by atoms with Gasteiger partial charge in [-0.1, -0.05) is 69.8 Å². The van der Waals surface area contributed by atoms with Crippen molar-refractivity contribution < 1.29 is 38.5 Å². The van der Waals surface area contributed by atoms with Gasteiger partial charge in [-0.2, -0.15) is 0 Å². The van der Waals surface area contributed by atoms with Crippen molar-refractivity contribution in [2.45, 2.75) is 71.4 Å². The molecule has 5 rings (SSSR count). The number of benzene rings is 2. The van der Waals surface area contributed by atoms with Crippen molar-refractivity contribution in [3.05, 3.63) is 95.6 Å². The van der Waals surface area contributed by atoms with Gasteiger partial charge in [0.25, 0.3) is 0 Å². The van der Waals surface area contributed by atoms with Crippen LogP contribution in [0.3, 0.4) is 0 Å². The molecule has 2 saturated carbocycles. The van der Waals surface area contributed by atoms with E-state index < -0.39 is 59.4 Å². The van der Waals surface area contributed by atoms with Crippen molar-refractivity contribution in [1.29, 1.82) is 0 Å². The first-order valence-corrected chi connectivity index (χ1v) is 15.1. The topological polar surface area (TPSA) is 116 Å². The second-order valence-electron chi connectivity index (χ2n) is 13.1. The normalized spacial score (nSPS) is 32.7. The molecule has 3 aliphatic rings. The number of allylic oxidation sites excluding steroid dienone is 1. The van der Waals surface area contributed by atoms with Crippen LogP contribution in [0.5, 0.6) is 0 Å². The van der Waals surface area contributed by atoms with E-state index in [2.05, 4.69) is 20.4 Å². The second-order valence-corrected chi connectivity index (χ2v) is 13.1. The molecule has 0 amide bonds. The summed E-state index contributed by atoms with van der Waals surface area (Å²) < 4.78 is 17.9. The van der Waals surface area contributed by atoms with Crippen LogP contribution in [0.2, 0.25) is 0 Å². The van der Waals surface area contributed by atoms with Crippen molar-refractivity contribution in [3.8, 4) is 0 Å². The molecule has 0 spiro atoms. The minimum atomic E-state index is -1.89. The Morgan fingerprint density at radius 3 is 2.00 bits per heavy atom. The van der Waals surface area contributed by atoms with Gasteiger partial charge in [-0.05, 0) is 72.8 Å². The minimum absolute atomic E-state index is 0.00212. The molecule has 2 aromatic carbocycles. The molecule has 44 heavy (non-hydrogen) atoms. The van der Waals surface area contributed by atoms with Crippen LogP contribution in [0.25, 0.3) is 0 Å². The molecule has 0 saturated heterocycles. The number of carbonyl (C=O) groups excluding carboxylic acids is 4. The summed E-state index contributed by atoms with van der Waals surface area (Å²) in [6, 6.07) is 16.9. The SMILES string of the molecule is C=C1C(OC(=O)c2ccccc2)CC2C(C=C(C)C3(O)CC(C)C(OC(=O)c4ccccc4)C(C3=O)C1OC(C)=O)C2(C)C. The van der Waals surface area contributed by atoms with Crippen LogP contribution in [-0.2, 0) is 23.8 Å². The number of ketones is 1. The van der Waals surface area contributed by atoms with Crippen molar-refractivity contribution in [1.82, 2.24) is 0 Å². The highest BCUT2D eigenvalue weighted by atomic mass is 16.6. The Kier molecular flexibility index (Phi) is 8.42. The van der Waals surface area contributed by atoms with Crippen LogP contribution in [-0.4, -0.2) is 52.7 Å². The fourth-order valence-corrected chi connectivity index (χ4v) is 7.08. The molecule has 8 unspecified atom stereocenters. The highest BCUT2D eigenvalue weighted by Crippen LogP contribution is 2.63. The van der Waals surface area contributed by atoms with Crippen LogP contribution in [0.15, 0.2) is 84.5 Å². The summed E-state index contributed by atoms with van der Waals surface area (Å²) in [5.41, 5.74) is -0.766. The molecule has 0 aliphatic heterocycles. The fraction of sp³-hybridized carbons (Fsp3) is 0.444. The Bertz CT molecular complexity index is 1490. The molecule has 2 aromatic rings. The predicted octanol–water partition coefficient (Wildman–Crippen LogP) is 5.50. The van der Waals surface area contributed by atoms with E-state index in [1.165, 1.54) is 6.92 Å². The zero-order valence-electron chi connectivity index (χ0n) is 25.8. The molecule has 3 aliphatic carbocycles. The van der Waals surface area contributed by atoms with Gasteiger partial charge in [0.1, 0.15) is 23.9 Å². The number of fused-ring (bicyclic) bond motifs is 3. The summed E-state index contributed by atoms with van der Waals surface area (Å²) in [5.74, 6) is -4.35. The highest BCUT2D eigenvalue weighted by Gasteiger charge is 2.62. The molecule has 0 aromatic heterocycles. The lowest BCUT2D eigenvalue weighted by molar-refractivity contribution is -0.169. The lowest BCUT2D eigenvalue weighted by Crippen LogP contribution is -2.60.